The third-order valence-electron chi connectivity index (χ3n) is 4.31. The van der Waals surface area contributed by atoms with Crippen LogP contribution in [-0.2, 0) is 4.74 Å². The molecule has 2 N–H and O–H groups in total. The van der Waals surface area contributed by atoms with Crippen LogP contribution >= 0.6 is 0 Å². The zero-order valence-electron chi connectivity index (χ0n) is 13.3. The van der Waals surface area contributed by atoms with Crippen molar-refractivity contribution in [3.8, 4) is 0 Å². The van der Waals surface area contributed by atoms with Crippen LogP contribution in [0.5, 0.6) is 0 Å². The van der Waals surface area contributed by atoms with E-state index in [-0.39, 0.29) is 6.04 Å². The summed E-state index contributed by atoms with van der Waals surface area (Å²) in [4.78, 5) is 0. The highest BCUT2D eigenvalue weighted by Gasteiger charge is 2.16. The van der Waals surface area contributed by atoms with Crippen LogP contribution in [0.1, 0.15) is 56.2 Å². The van der Waals surface area contributed by atoms with Crippen molar-refractivity contribution in [2.24, 2.45) is 0 Å². The summed E-state index contributed by atoms with van der Waals surface area (Å²) in [5.74, 6) is 0. The third kappa shape index (κ3) is 5.77. The molecule has 0 saturated heterocycles. The average Bonchev–Trinajstić information content (AvgIpc) is 2.52. The number of rotatable bonds is 7. The van der Waals surface area contributed by atoms with Crippen LogP contribution in [0.3, 0.4) is 0 Å². The molecule has 1 aliphatic carbocycles. The summed E-state index contributed by atoms with van der Waals surface area (Å²) < 4.78 is 5.81. The van der Waals surface area contributed by atoms with Gasteiger partial charge in [-0.15, -0.1) is 0 Å². The molecule has 0 aromatic heterocycles. The molecule has 2 rings (SSSR count). The van der Waals surface area contributed by atoms with Gasteiger partial charge in [-0.1, -0.05) is 49.1 Å². The fourth-order valence-corrected chi connectivity index (χ4v) is 2.82. The normalized spacial score (nSPS) is 19.4. The minimum absolute atomic E-state index is 0.245. The lowest BCUT2D eigenvalue weighted by Crippen LogP contribution is -2.33. The van der Waals surface area contributed by atoms with E-state index in [2.05, 4.69) is 43.4 Å². The lowest BCUT2D eigenvalue weighted by Gasteiger charge is -2.24. The molecule has 0 spiro atoms. The summed E-state index contributed by atoms with van der Waals surface area (Å²) in [6.45, 7) is 5.23. The van der Waals surface area contributed by atoms with Gasteiger partial charge in [-0.2, -0.15) is 0 Å². The summed E-state index contributed by atoms with van der Waals surface area (Å²) in [6, 6.07) is 8.76. The molecule has 0 heterocycles. The molecule has 0 amide bonds. The largest absolute Gasteiger partial charge is 0.389 e. The molecule has 1 aliphatic rings. The van der Waals surface area contributed by atoms with Crippen LogP contribution in [0.4, 0.5) is 0 Å². The molecular formula is C18H29NO2. The van der Waals surface area contributed by atoms with Gasteiger partial charge >= 0.3 is 0 Å². The van der Waals surface area contributed by atoms with Crippen molar-refractivity contribution in [2.45, 2.75) is 64.2 Å². The van der Waals surface area contributed by atoms with E-state index in [4.69, 9.17) is 4.74 Å². The number of benzene rings is 1. The Morgan fingerprint density at radius 3 is 2.52 bits per heavy atom. The standard InChI is InChI=1S/C18H29NO2/c1-14-8-10-16(11-9-14)15(2)19-12-17(20)13-21-18-6-4-3-5-7-18/h8-11,15,17-20H,3-7,12-13H2,1-2H3/t15-,17?/m0/s1. The van der Waals surface area contributed by atoms with Crippen molar-refractivity contribution >= 4 is 0 Å². The Hall–Kier alpha value is -0.900. The van der Waals surface area contributed by atoms with E-state index in [1.807, 2.05) is 0 Å². The molecule has 118 valence electrons. The van der Waals surface area contributed by atoms with E-state index in [0.29, 0.717) is 19.3 Å². The number of nitrogens with one attached hydrogen (secondary N) is 1. The van der Waals surface area contributed by atoms with Crippen molar-refractivity contribution in [1.29, 1.82) is 0 Å². The van der Waals surface area contributed by atoms with Gasteiger partial charge in [-0.05, 0) is 32.3 Å². The molecule has 1 unspecified atom stereocenters. The first-order valence-corrected chi connectivity index (χ1v) is 8.25. The summed E-state index contributed by atoms with van der Waals surface area (Å²) in [7, 11) is 0. The predicted molar refractivity (Wildman–Crippen MR) is 86.4 cm³/mol. The quantitative estimate of drug-likeness (QED) is 0.809. The predicted octanol–water partition coefficient (Wildman–Crippen LogP) is 3.36. The lowest BCUT2D eigenvalue weighted by atomic mass is 9.98. The van der Waals surface area contributed by atoms with E-state index in [1.54, 1.807) is 0 Å². The zero-order valence-corrected chi connectivity index (χ0v) is 13.3. The maximum Gasteiger partial charge on any atom is 0.0898 e. The molecule has 1 fully saturated rings. The molecule has 0 aliphatic heterocycles. The van der Waals surface area contributed by atoms with E-state index < -0.39 is 6.10 Å². The van der Waals surface area contributed by atoms with Gasteiger partial charge in [0.05, 0.1) is 18.8 Å². The second-order valence-electron chi connectivity index (χ2n) is 6.29. The Morgan fingerprint density at radius 1 is 1.19 bits per heavy atom. The van der Waals surface area contributed by atoms with E-state index in [1.165, 1.54) is 30.4 Å². The summed E-state index contributed by atoms with van der Waals surface area (Å²) in [5, 5.41) is 13.4. The van der Waals surface area contributed by atoms with Crippen molar-refractivity contribution in [3.05, 3.63) is 35.4 Å². The maximum atomic E-state index is 10.0. The Bertz CT molecular complexity index is 398. The number of aliphatic hydroxyl groups excluding tert-OH is 1. The minimum Gasteiger partial charge on any atom is -0.389 e. The van der Waals surface area contributed by atoms with Crippen molar-refractivity contribution in [3.63, 3.8) is 0 Å². The molecular weight excluding hydrogens is 262 g/mol. The molecule has 0 bridgehead atoms. The Labute approximate surface area is 128 Å². The van der Waals surface area contributed by atoms with E-state index in [0.717, 1.165) is 12.8 Å². The topological polar surface area (TPSA) is 41.5 Å². The Morgan fingerprint density at radius 2 is 1.86 bits per heavy atom. The molecule has 3 heteroatoms. The average molecular weight is 291 g/mol. The zero-order chi connectivity index (χ0) is 15.1. The fourth-order valence-electron chi connectivity index (χ4n) is 2.82. The molecule has 21 heavy (non-hydrogen) atoms. The van der Waals surface area contributed by atoms with Crippen molar-refractivity contribution in [1.82, 2.24) is 5.32 Å². The molecule has 1 aromatic rings. The highest BCUT2D eigenvalue weighted by atomic mass is 16.5. The second-order valence-corrected chi connectivity index (χ2v) is 6.29. The van der Waals surface area contributed by atoms with E-state index >= 15 is 0 Å². The van der Waals surface area contributed by atoms with Crippen LogP contribution in [-0.4, -0.2) is 30.5 Å². The molecule has 0 radical (unpaired) electrons. The number of ether oxygens (including phenoxy) is 1. The molecule has 1 aromatic carbocycles. The van der Waals surface area contributed by atoms with Gasteiger partial charge in [0, 0.05) is 12.6 Å². The summed E-state index contributed by atoms with van der Waals surface area (Å²) in [5.41, 5.74) is 2.52. The highest BCUT2D eigenvalue weighted by Crippen LogP contribution is 2.20. The number of hydrogen-bond acceptors (Lipinski definition) is 3. The SMILES string of the molecule is Cc1ccc([C@H](C)NCC(O)COC2CCCCC2)cc1. The molecule has 1 saturated carbocycles. The smallest absolute Gasteiger partial charge is 0.0898 e. The Balaban J connectivity index is 1.65. The Kier molecular flexibility index (Phi) is 6.68. The van der Waals surface area contributed by atoms with Crippen LogP contribution in [0.25, 0.3) is 0 Å². The van der Waals surface area contributed by atoms with Gasteiger partial charge in [0.15, 0.2) is 0 Å². The highest BCUT2D eigenvalue weighted by molar-refractivity contribution is 5.23. The number of hydrogen-bond donors (Lipinski definition) is 2. The van der Waals surface area contributed by atoms with Crippen LogP contribution in [0, 0.1) is 6.92 Å². The third-order valence-corrected chi connectivity index (χ3v) is 4.31. The summed E-state index contributed by atoms with van der Waals surface area (Å²) in [6.07, 6.45) is 6.10. The van der Waals surface area contributed by atoms with Crippen molar-refractivity contribution < 1.29 is 9.84 Å². The van der Waals surface area contributed by atoms with Gasteiger partial charge in [0.2, 0.25) is 0 Å². The minimum atomic E-state index is -0.431. The number of aryl methyl sites for hydroxylation is 1. The number of aliphatic hydroxyl groups is 1. The first kappa shape index (κ1) is 16.5. The maximum absolute atomic E-state index is 10.0. The second kappa shape index (κ2) is 8.52. The van der Waals surface area contributed by atoms with Gasteiger partial charge in [-0.25, -0.2) is 0 Å². The monoisotopic (exact) mass is 291 g/mol. The van der Waals surface area contributed by atoms with Gasteiger partial charge in [0.25, 0.3) is 0 Å². The van der Waals surface area contributed by atoms with Crippen LogP contribution in [0.2, 0.25) is 0 Å². The lowest BCUT2D eigenvalue weighted by molar-refractivity contribution is -0.0235. The fraction of sp³-hybridized carbons (Fsp3) is 0.667. The summed E-state index contributed by atoms with van der Waals surface area (Å²) >= 11 is 0. The molecule has 2 atom stereocenters. The van der Waals surface area contributed by atoms with Gasteiger partial charge in [0.1, 0.15) is 0 Å². The van der Waals surface area contributed by atoms with Gasteiger partial charge in [-0.3, -0.25) is 0 Å². The van der Waals surface area contributed by atoms with Crippen molar-refractivity contribution in [2.75, 3.05) is 13.2 Å². The molecule has 3 nitrogen and oxygen atoms in total. The van der Waals surface area contributed by atoms with Crippen LogP contribution in [0.15, 0.2) is 24.3 Å². The van der Waals surface area contributed by atoms with Crippen LogP contribution < -0.4 is 5.32 Å². The first-order chi connectivity index (χ1) is 10.1. The first-order valence-electron chi connectivity index (χ1n) is 8.25. The van der Waals surface area contributed by atoms with Gasteiger partial charge < -0.3 is 15.2 Å². The van der Waals surface area contributed by atoms with E-state index in [9.17, 15) is 5.11 Å².